The molecule has 0 bridgehead atoms. The van der Waals surface area contributed by atoms with Crippen LogP contribution in [0.4, 0.5) is 17.2 Å². The van der Waals surface area contributed by atoms with E-state index in [9.17, 15) is 9.59 Å². The smallest absolute Gasteiger partial charge is 0.314 e. The molecule has 31 heavy (non-hydrogen) atoms. The molecule has 0 radical (unpaired) electrons. The molecule has 0 unspecified atom stereocenters. The van der Waals surface area contributed by atoms with E-state index in [1.54, 1.807) is 12.1 Å². The highest BCUT2D eigenvalue weighted by molar-refractivity contribution is 6.40. The van der Waals surface area contributed by atoms with E-state index in [0.29, 0.717) is 28.8 Å². The van der Waals surface area contributed by atoms with Crippen molar-refractivity contribution >= 4 is 39.9 Å². The molecule has 0 atom stereocenters. The molecule has 158 valence electrons. The number of aromatic nitrogens is 3. The lowest BCUT2D eigenvalue weighted by Gasteiger charge is -2.24. The average molecular weight is 417 g/mol. The van der Waals surface area contributed by atoms with Crippen molar-refractivity contribution in [3.63, 3.8) is 0 Å². The van der Waals surface area contributed by atoms with Crippen LogP contribution >= 0.6 is 0 Å². The summed E-state index contributed by atoms with van der Waals surface area (Å²) in [7, 11) is 0. The summed E-state index contributed by atoms with van der Waals surface area (Å²) in [5.41, 5.74) is 15.0. The van der Waals surface area contributed by atoms with Crippen molar-refractivity contribution in [2.45, 2.75) is 19.4 Å². The van der Waals surface area contributed by atoms with Crippen LogP contribution in [-0.4, -0.2) is 38.4 Å². The first-order valence-corrected chi connectivity index (χ1v) is 9.89. The summed E-state index contributed by atoms with van der Waals surface area (Å²) >= 11 is 0. The standard InChI is InChI=1S/C22H23N7O2/c23-16-8-4-7-15(9-16)13-29(12-14-5-2-1-3-6-14)22(31)21(30)27-18-11-25-20(24)17-10-26-28-19(17)18/h2,4-11H,1,3,12-13,23H2,(H2,24,25)(H,26,28)(H,27,30). The minimum absolute atomic E-state index is 0.252. The fourth-order valence-corrected chi connectivity index (χ4v) is 3.48. The molecule has 0 saturated carbocycles. The minimum atomic E-state index is -0.772. The van der Waals surface area contributed by atoms with Gasteiger partial charge < -0.3 is 21.7 Å². The quantitative estimate of drug-likeness (QED) is 0.371. The molecule has 0 spiro atoms. The van der Waals surface area contributed by atoms with Crippen molar-refractivity contribution in [1.29, 1.82) is 0 Å². The fourth-order valence-electron chi connectivity index (χ4n) is 3.48. The third-order valence-corrected chi connectivity index (χ3v) is 5.02. The SMILES string of the molecule is Nc1cccc(CN(CC2=CCCC=C2)C(=O)C(=O)Nc2cnc(N)c3cn[nH]c23)c1. The summed E-state index contributed by atoms with van der Waals surface area (Å²) in [4.78, 5) is 31.5. The molecule has 9 heteroatoms. The van der Waals surface area contributed by atoms with Gasteiger partial charge in [0.2, 0.25) is 0 Å². The Morgan fingerprint density at radius 1 is 1.16 bits per heavy atom. The Bertz CT molecular complexity index is 1200. The van der Waals surface area contributed by atoms with E-state index in [2.05, 4.69) is 32.7 Å². The van der Waals surface area contributed by atoms with Gasteiger partial charge in [0.1, 0.15) is 5.82 Å². The van der Waals surface area contributed by atoms with Crippen LogP contribution in [0.3, 0.4) is 0 Å². The maximum atomic E-state index is 13.1. The molecule has 2 amide bonds. The molecule has 1 aliphatic rings. The second kappa shape index (κ2) is 8.70. The van der Waals surface area contributed by atoms with Crippen molar-refractivity contribution in [3.8, 4) is 0 Å². The third kappa shape index (κ3) is 4.55. The van der Waals surface area contributed by atoms with Crippen LogP contribution in [0.5, 0.6) is 0 Å². The van der Waals surface area contributed by atoms with E-state index in [1.165, 1.54) is 17.3 Å². The second-order valence-electron chi connectivity index (χ2n) is 7.33. The van der Waals surface area contributed by atoms with Crippen molar-refractivity contribution in [1.82, 2.24) is 20.1 Å². The molecule has 1 aromatic carbocycles. The zero-order chi connectivity index (χ0) is 21.8. The summed E-state index contributed by atoms with van der Waals surface area (Å²) in [6.07, 6.45) is 10.9. The minimum Gasteiger partial charge on any atom is -0.399 e. The molecule has 0 aliphatic heterocycles. The molecule has 2 aromatic heterocycles. The van der Waals surface area contributed by atoms with E-state index >= 15 is 0 Å². The van der Waals surface area contributed by atoms with Crippen LogP contribution < -0.4 is 16.8 Å². The Labute approximate surface area is 178 Å². The largest absolute Gasteiger partial charge is 0.399 e. The van der Waals surface area contributed by atoms with Gasteiger partial charge >= 0.3 is 11.8 Å². The molecule has 0 fully saturated rings. The first-order chi connectivity index (χ1) is 15.0. The number of nitrogen functional groups attached to an aromatic ring is 2. The molecule has 9 nitrogen and oxygen atoms in total. The van der Waals surface area contributed by atoms with Gasteiger partial charge in [-0.1, -0.05) is 30.4 Å². The Hall–Kier alpha value is -4.14. The van der Waals surface area contributed by atoms with Gasteiger partial charge in [0.25, 0.3) is 0 Å². The Balaban J connectivity index is 1.56. The van der Waals surface area contributed by atoms with E-state index in [1.807, 2.05) is 18.2 Å². The number of rotatable bonds is 5. The summed E-state index contributed by atoms with van der Waals surface area (Å²) in [5, 5.41) is 9.91. The first-order valence-electron chi connectivity index (χ1n) is 9.89. The Morgan fingerprint density at radius 3 is 2.81 bits per heavy atom. The number of hydrogen-bond donors (Lipinski definition) is 4. The number of amides is 2. The predicted molar refractivity (Wildman–Crippen MR) is 120 cm³/mol. The van der Waals surface area contributed by atoms with Crippen molar-refractivity contribution in [2.75, 3.05) is 23.3 Å². The number of H-pyrrole nitrogens is 1. The van der Waals surface area contributed by atoms with E-state index in [-0.39, 0.29) is 12.4 Å². The Kier molecular flexibility index (Phi) is 5.65. The van der Waals surface area contributed by atoms with Gasteiger partial charge in [0.15, 0.2) is 0 Å². The van der Waals surface area contributed by atoms with Gasteiger partial charge in [-0.25, -0.2) is 4.98 Å². The maximum absolute atomic E-state index is 13.1. The zero-order valence-corrected chi connectivity index (χ0v) is 16.8. The van der Waals surface area contributed by atoms with E-state index in [4.69, 9.17) is 11.5 Å². The first kappa shape index (κ1) is 20.1. The van der Waals surface area contributed by atoms with Crippen LogP contribution in [0, 0.1) is 0 Å². The van der Waals surface area contributed by atoms with Gasteiger partial charge in [0.05, 0.1) is 29.0 Å². The number of allylic oxidation sites excluding steroid dienone is 2. The lowest BCUT2D eigenvalue weighted by atomic mass is 10.1. The highest BCUT2D eigenvalue weighted by atomic mass is 16.2. The van der Waals surface area contributed by atoms with Crippen LogP contribution in [0.2, 0.25) is 0 Å². The summed E-state index contributed by atoms with van der Waals surface area (Å²) in [6, 6.07) is 7.26. The number of hydrogen-bond acceptors (Lipinski definition) is 6. The number of nitrogens with zero attached hydrogens (tertiary/aromatic N) is 3. The van der Waals surface area contributed by atoms with Gasteiger partial charge in [-0.2, -0.15) is 5.10 Å². The van der Waals surface area contributed by atoms with Gasteiger partial charge in [-0.05, 0) is 36.1 Å². The number of aromatic amines is 1. The fraction of sp³-hybridized carbons (Fsp3) is 0.182. The number of carbonyl (C=O) groups is 2. The number of nitrogens with one attached hydrogen (secondary N) is 2. The normalized spacial score (nSPS) is 13.1. The number of pyridine rings is 1. The zero-order valence-electron chi connectivity index (χ0n) is 16.8. The van der Waals surface area contributed by atoms with Crippen LogP contribution in [0.15, 0.2) is 60.5 Å². The van der Waals surface area contributed by atoms with Crippen LogP contribution in [-0.2, 0) is 16.1 Å². The molecule has 1 aliphatic carbocycles. The third-order valence-electron chi connectivity index (χ3n) is 5.02. The molecule has 4 rings (SSSR count). The topological polar surface area (TPSA) is 143 Å². The number of anilines is 3. The number of benzene rings is 1. The number of carbonyl (C=O) groups excluding carboxylic acids is 2. The van der Waals surface area contributed by atoms with Crippen molar-refractivity contribution in [2.24, 2.45) is 0 Å². The monoisotopic (exact) mass is 417 g/mol. The highest BCUT2D eigenvalue weighted by Crippen LogP contribution is 2.24. The van der Waals surface area contributed by atoms with Crippen LogP contribution in [0.25, 0.3) is 10.9 Å². The van der Waals surface area contributed by atoms with Crippen molar-refractivity contribution in [3.05, 3.63) is 66.0 Å². The lowest BCUT2D eigenvalue weighted by Crippen LogP contribution is -2.40. The molecule has 2 heterocycles. The number of nitrogens with two attached hydrogens (primary N) is 2. The molecular weight excluding hydrogens is 394 g/mol. The van der Waals surface area contributed by atoms with Crippen LogP contribution in [0.1, 0.15) is 18.4 Å². The predicted octanol–water partition coefficient (Wildman–Crippen LogP) is 2.37. The molecule has 6 N–H and O–H groups in total. The van der Waals surface area contributed by atoms with E-state index in [0.717, 1.165) is 24.0 Å². The molecular formula is C22H23N7O2. The Morgan fingerprint density at radius 2 is 2.03 bits per heavy atom. The molecule has 3 aromatic rings. The summed E-state index contributed by atoms with van der Waals surface area (Å²) in [6.45, 7) is 0.568. The lowest BCUT2D eigenvalue weighted by molar-refractivity contribution is -0.143. The molecule has 0 saturated heterocycles. The number of fused-ring (bicyclic) bond motifs is 1. The van der Waals surface area contributed by atoms with Crippen molar-refractivity contribution < 1.29 is 9.59 Å². The summed E-state index contributed by atoms with van der Waals surface area (Å²) < 4.78 is 0. The van der Waals surface area contributed by atoms with E-state index < -0.39 is 11.8 Å². The second-order valence-corrected chi connectivity index (χ2v) is 7.33. The highest BCUT2D eigenvalue weighted by Gasteiger charge is 2.24. The summed E-state index contributed by atoms with van der Waals surface area (Å²) in [5.74, 6) is -1.15. The van der Waals surface area contributed by atoms with Gasteiger partial charge in [0, 0.05) is 18.8 Å². The van der Waals surface area contributed by atoms with Gasteiger partial charge in [-0.3, -0.25) is 14.7 Å². The van der Waals surface area contributed by atoms with Gasteiger partial charge in [-0.15, -0.1) is 0 Å². The average Bonchev–Trinajstić information content (AvgIpc) is 3.27. The maximum Gasteiger partial charge on any atom is 0.314 e.